The van der Waals surface area contributed by atoms with Crippen molar-refractivity contribution in [2.45, 2.75) is 0 Å². The molecule has 0 aliphatic carbocycles. The number of phenolic OH excluding ortho intramolecular Hbond substituents is 3. The van der Waals surface area contributed by atoms with Gasteiger partial charge in [0.1, 0.15) is 22.6 Å². The van der Waals surface area contributed by atoms with Gasteiger partial charge in [0.25, 0.3) is 5.69 Å². The normalized spacial score (nSPS) is 11.0. The van der Waals surface area contributed by atoms with E-state index in [0.717, 1.165) is 12.1 Å². The summed E-state index contributed by atoms with van der Waals surface area (Å²) in [4.78, 5) is 10.7. The number of phenols is 3. The smallest absolute Gasteiger partial charge is 0.281 e. The van der Waals surface area contributed by atoms with E-state index in [0.29, 0.717) is 5.69 Å². The van der Waals surface area contributed by atoms with Crippen molar-refractivity contribution in [2.75, 3.05) is 5.32 Å². The maximum atomic E-state index is 13.0. The van der Waals surface area contributed by atoms with Crippen LogP contribution in [0.1, 0.15) is 0 Å². The summed E-state index contributed by atoms with van der Waals surface area (Å²) in [6.07, 6.45) is 0. The molecule has 4 rings (SSSR count). The second kappa shape index (κ2) is 6.20. The summed E-state index contributed by atoms with van der Waals surface area (Å²) in [5, 5.41) is 57.5. The first kappa shape index (κ1) is 17.2. The zero-order valence-corrected chi connectivity index (χ0v) is 14.2. The van der Waals surface area contributed by atoms with Crippen LogP contribution in [0.4, 0.5) is 17.1 Å². The number of nitrogens with one attached hydrogen (secondary N) is 1. The first-order valence-electron chi connectivity index (χ1n) is 8.20. The summed E-state index contributed by atoms with van der Waals surface area (Å²) in [7, 11) is 0. The monoisotopic (exact) mass is 377 g/mol. The minimum Gasteiger partial charge on any atom is -0.871 e. The molecule has 0 aliphatic heterocycles. The molecule has 4 aromatic rings. The molecule has 0 fully saturated rings. The average molecular weight is 377 g/mol. The highest BCUT2D eigenvalue weighted by Gasteiger charge is 2.24. The van der Waals surface area contributed by atoms with Crippen molar-refractivity contribution in [3.8, 4) is 23.0 Å². The number of nitro benzene ring substituents is 1. The molecule has 0 saturated carbocycles. The highest BCUT2D eigenvalue weighted by molar-refractivity contribution is 6.20. The highest BCUT2D eigenvalue weighted by Crippen LogP contribution is 2.51. The van der Waals surface area contributed by atoms with Crippen molar-refractivity contribution >= 4 is 38.6 Å². The van der Waals surface area contributed by atoms with Crippen molar-refractivity contribution in [3.63, 3.8) is 0 Å². The number of rotatable bonds is 3. The largest absolute Gasteiger partial charge is 0.871 e. The molecule has 0 aliphatic rings. The van der Waals surface area contributed by atoms with Gasteiger partial charge in [-0.25, -0.2) is 0 Å². The van der Waals surface area contributed by atoms with Gasteiger partial charge in [0.2, 0.25) is 0 Å². The average Bonchev–Trinajstić information content (AvgIpc) is 2.67. The predicted molar refractivity (Wildman–Crippen MR) is 102 cm³/mol. The molecule has 0 unspecified atom stereocenters. The minimum absolute atomic E-state index is 0.0740. The van der Waals surface area contributed by atoms with E-state index in [4.69, 9.17) is 0 Å². The standard InChI is InChI=1S/C20H14N2O6/c23-13-8-6-11(21-10-4-2-1-3-5-10)15-17(13)20(26)18-14(24)9-7-12(22(27)28)16(18)19(15)25/h1-9,21,23-26H/p-1. The van der Waals surface area contributed by atoms with Gasteiger partial charge in [0.05, 0.1) is 16.0 Å². The molecule has 8 nitrogen and oxygen atoms in total. The van der Waals surface area contributed by atoms with Crippen LogP contribution in [0.5, 0.6) is 23.0 Å². The molecule has 28 heavy (non-hydrogen) atoms. The number of anilines is 2. The Bertz CT molecular complexity index is 1250. The van der Waals surface area contributed by atoms with Gasteiger partial charge in [0, 0.05) is 22.5 Å². The van der Waals surface area contributed by atoms with E-state index in [1.165, 1.54) is 12.1 Å². The zero-order chi connectivity index (χ0) is 20.0. The predicted octanol–water partition coefficient (Wildman–Crippen LogP) is 3.84. The fourth-order valence-corrected chi connectivity index (χ4v) is 3.30. The Hall–Kier alpha value is -4.20. The number of aromatic hydroxyl groups is 3. The first-order chi connectivity index (χ1) is 13.4. The lowest BCUT2D eigenvalue weighted by molar-refractivity contribution is -0.383. The molecule has 4 aromatic carbocycles. The Kier molecular flexibility index (Phi) is 3.82. The molecule has 8 heteroatoms. The zero-order valence-electron chi connectivity index (χ0n) is 14.2. The molecular formula is C20H13N2O6-. The van der Waals surface area contributed by atoms with Gasteiger partial charge in [-0.2, -0.15) is 0 Å². The Morgan fingerprint density at radius 3 is 2.04 bits per heavy atom. The third kappa shape index (κ3) is 2.47. The number of nitrogens with zero attached hydrogens (tertiary/aromatic N) is 1. The highest BCUT2D eigenvalue weighted by atomic mass is 16.6. The Balaban J connectivity index is 2.17. The lowest BCUT2D eigenvalue weighted by atomic mass is 9.97. The molecule has 0 atom stereocenters. The van der Waals surface area contributed by atoms with Gasteiger partial charge in [-0.05, 0) is 30.3 Å². The second-order valence-electron chi connectivity index (χ2n) is 6.16. The number of hydrogen-bond donors (Lipinski definition) is 4. The van der Waals surface area contributed by atoms with Crippen LogP contribution in [0.15, 0.2) is 54.6 Å². The van der Waals surface area contributed by atoms with Crippen molar-refractivity contribution < 1.29 is 25.3 Å². The van der Waals surface area contributed by atoms with Crippen molar-refractivity contribution in [1.82, 2.24) is 0 Å². The summed E-state index contributed by atoms with van der Waals surface area (Å²) >= 11 is 0. The molecule has 0 amide bonds. The molecule has 0 saturated heterocycles. The van der Waals surface area contributed by atoms with Gasteiger partial charge in [-0.1, -0.05) is 23.9 Å². The van der Waals surface area contributed by atoms with E-state index < -0.39 is 39.0 Å². The molecule has 4 N–H and O–H groups in total. The van der Waals surface area contributed by atoms with Crippen LogP contribution >= 0.6 is 0 Å². The Morgan fingerprint density at radius 2 is 1.39 bits per heavy atom. The van der Waals surface area contributed by atoms with E-state index in [2.05, 4.69) is 5.32 Å². The van der Waals surface area contributed by atoms with Crippen LogP contribution in [0, 0.1) is 10.1 Å². The molecule has 0 heterocycles. The SMILES string of the molecule is O=[N+]([O-])c1ccc(O)c2c([O-])c3c(O)ccc(Nc4ccccc4)c3c(O)c12. The van der Waals surface area contributed by atoms with Crippen LogP contribution in [0.2, 0.25) is 0 Å². The number of non-ortho nitro benzene ring substituents is 1. The first-order valence-corrected chi connectivity index (χ1v) is 8.20. The van der Waals surface area contributed by atoms with Crippen LogP contribution in [0.3, 0.4) is 0 Å². The van der Waals surface area contributed by atoms with Gasteiger partial charge < -0.3 is 25.7 Å². The summed E-state index contributed by atoms with van der Waals surface area (Å²) in [6.45, 7) is 0. The van der Waals surface area contributed by atoms with E-state index >= 15 is 0 Å². The molecule has 0 aromatic heterocycles. The summed E-state index contributed by atoms with van der Waals surface area (Å²) in [5.74, 6) is -2.34. The summed E-state index contributed by atoms with van der Waals surface area (Å²) < 4.78 is 0. The van der Waals surface area contributed by atoms with Crippen molar-refractivity contribution in [1.29, 1.82) is 0 Å². The number of hydrogen-bond acceptors (Lipinski definition) is 7. The number of para-hydroxylation sites is 1. The minimum atomic E-state index is -0.821. The third-order valence-electron chi connectivity index (χ3n) is 4.52. The number of fused-ring (bicyclic) bond motifs is 2. The molecule has 0 bridgehead atoms. The van der Waals surface area contributed by atoms with Crippen LogP contribution < -0.4 is 10.4 Å². The van der Waals surface area contributed by atoms with Crippen molar-refractivity contribution in [3.05, 3.63) is 64.7 Å². The van der Waals surface area contributed by atoms with Gasteiger partial charge in [-0.15, -0.1) is 0 Å². The molecular weight excluding hydrogens is 364 g/mol. The fraction of sp³-hybridized carbons (Fsp3) is 0. The quantitative estimate of drug-likeness (QED) is 0.184. The topological polar surface area (TPSA) is 139 Å². The van der Waals surface area contributed by atoms with E-state index in [1.807, 2.05) is 6.07 Å². The fourth-order valence-electron chi connectivity index (χ4n) is 3.30. The Morgan fingerprint density at radius 1 is 0.786 bits per heavy atom. The maximum absolute atomic E-state index is 13.0. The van der Waals surface area contributed by atoms with E-state index in [9.17, 15) is 30.5 Å². The lowest BCUT2D eigenvalue weighted by Crippen LogP contribution is -1.99. The van der Waals surface area contributed by atoms with Crippen LogP contribution in [-0.2, 0) is 0 Å². The number of benzene rings is 4. The number of nitro groups is 1. The second-order valence-corrected chi connectivity index (χ2v) is 6.16. The lowest BCUT2D eigenvalue weighted by Gasteiger charge is -2.21. The molecule has 0 spiro atoms. The van der Waals surface area contributed by atoms with Crippen molar-refractivity contribution in [2.24, 2.45) is 0 Å². The van der Waals surface area contributed by atoms with Gasteiger partial charge in [0.15, 0.2) is 0 Å². The third-order valence-corrected chi connectivity index (χ3v) is 4.52. The van der Waals surface area contributed by atoms with Crippen LogP contribution in [0.25, 0.3) is 21.5 Å². The summed E-state index contributed by atoms with van der Waals surface area (Å²) in [6, 6.07) is 13.6. The van der Waals surface area contributed by atoms with Crippen LogP contribution in [-0.4, -0.2) is 20.2 Å². The van der Waals surface area contributed by atoms with Gasteiger partial charge in [-0.3, -0.25) is 10.1 Å². The molecule has 140 valence electrons. The molecule has 0 radical (unpaired) electrons. The van der Waals surface area contributed by atoms with E-state index in [1.54, 1.807) is 24.3 Å². The van der Waals surface area contributed by atoms with Gasteiger partial charge >= 0.3 is 0 Å². The summed E-state index contributed by atoms with van der Waals surface area (Å²) in [5.41, 5.74) is 0.387. The Labute approximate surface area is 157 Å². The maximum Gasteiger partial charge on any atom is 0.281 e. The van der Waals surface area contributed by atoms with E-state index in [-0.39, 0.29) is 21.8 Å².